The summed E-state index contributed by atoms with van der Waals surface area (Å²) in [6, 6.07) is 3.21. The van der Waals surface area contributed by atoms with E-state index in [-0.39, 0.29) is 31.3 Å². The molecule has 0 saturated carbocycles. The van der Waals surface area contributed by atoms with Gasteiger partial charge in [-0.2, -0.15) is 0 Å². The molecule has 4 rings (SSSR count). The van der Waals surface area contributed by atoms with Gasteiger partial charge in [0.15, 0.2) is 29.9 Å². The highest BCUT2D eigenvalue weighted by molar-refractivity contribution is 5.94. The number of hydrogen-bond acceptors (Lipinski definition) is 13. The zero-order chi connectivity index (χ0) is 27.2. The van der Waals surface area contributed by atoms with E-state index in [0.717, 1.165) is 0 Å². The molecular weight excluding hydrogens is 502 g/mol. The van der Waals surface area contributed by atoms with Gasteiger partial charge in [0.05, 0.1) is 18.3 Å². The van der Waals surface area contributed by atoms with Crippen LogP contribution in [0.15, 0.2) is 37.2 Å². The Morgan fingerprint density at radius 2 is 1.87 bits per heavy atom. The Bertz CT molecular complexity index is 1330. The first-order valence-electron chi connectivity index (χ1n) is 11.5. The Morgan fingerprint density at radius 1 is 1.11 bits per heavy atom. The molecule has 4 heterocycles. The predicted octanol–water partition coefficient (Wildman–Crippen LogP) is -0.0724. The summed E-state index contributed by atoms with van der Waals surface area (Å²) >= 11 is 0. The number of ether oxygens (including phenoxy) is 4. The van der Waals surface area contributed by atoms with Crippen molar-refractivity contribution >= 4 is 40.8 Å². The van der Waals surface area contributed by atoms with E-state index in [9.17, 15) is 19.2 Å². The van der Waals surface area contributed by atoms with Crippen molar-refractivity contribution in [3.05, 3.63) is 42.7 Å². The number of nitrogens with zero attached hydrogens (tertiary/aromatic N) is 5. The molecule has 0 spiro atoms. The van der Waals surface area contributed by atoms with Crippen molar-refractivity contribution in [1.82, 2.24) is 29.8 Å². The second-order valence-electron chi connectivity index (χ2n) is 8.23. The van der Waals surface area contributed by atoms with Crippen molar-refractivity contribution in [3.8, 4) is 0 Å². The summed E-state index contributed by atoms with van der Waals surface area (Å²) in [6.45, 7) is 2.07. The summed E-state index contributed by atoms with van der Waals surface area (Å²) in [7, 11) is 0. The molecular formula is C23H25N7O8. The maximum Gasteiger partial charge on any atom is 0.307 e. The van der Waals surface area contributed by atoms with Crippen molar-refractivity contribution in [1.29, 1.82) is 0 Å². The number of aromatic nitrogens is 5. The van der Waals surface area contributed by atoms with Crippen LogP contribution in [0.5, 0.6) is 0 Å². The highest BCUT2D eigenvalue weighted by Gasteiger charge is 2.51. The van der Waals surface area contributed by atoms with Gasteiger partial charge >= 0.3 is 17.9 Å². The Labute approximate surface area is 215 Å². The van der Waals surface area contributed by atoms with Gasteiger partial charge in [0, 0.05) is 32.8 Å². The molecule has 0 radical (unpaired) electrons. The molecule has 0 aromatic carbocycles. The summed E-state index contributed by atoms with van der Waals surface area (Å²) in [5.74, 6) is -2.20. The van der Waals surface area contributed by atoms with Crippen molar-refractivity contribution in [2.75, 3.05) is 18.9 Å². The molecule has 15 heteroatoms. The van der Waals surface area contributed by atoms with Crippen LogP contribution in [-0.2, 0) is 33.3 Å². The molecule has 1 aliphatic heterocycles. The minimum absolute atomic E-state index is 0.0201. The average Bonchev–Trinajstić information content (AvgIpc) is 3.45. The van der Waals surface area contributed by atoms with E-state index in [1.165, 1.54) is 43.5 Å². The molecule has 200 valence electrons. The van der Waals surface area contributed by atoms with E-state index in [0.29, 0.717) is 16.7 Å². The molecule has 3 aromatic heterocycles. The number of hydrogen-bond donors (Lipinski definition) is 2. The number of carbonyl (C=O) groups excluding carboxylic acids is 4. The summed E-state index contributed by atoms with van der Waals surface area (Å²) in [5.41, 5.74) is 6.81. The topological polar surface area (TPSA) is 200 Å². The van der Waals surface area contributed by atoms with Crippen LogP contribution in [0.1, 0.15) is 36.9 Å². The summed E-state index contributed by atoms with van der Waals surface area (Å²) in [6.07, 6.45) is 1.16. The van der Waals surface area contributed by atoms with E-state index in [1.807, 2.05) is 0 Å². The van der Waals surface area contributed by atoms with Crippen molar-refractivity contribution < 1.29 is 38.1 Å². The molecule has 0 bridgehead atoms. The summed E-state index contributed by atoms with van der Waals surface area (Å²) in [5, 5.41) is 2.60. The molecule has 0 unspecified atom stereocenters. The highest BCUT2D eigenvalue weighted by Crippen LogP contribution is 2.36. The lowest BCUT2D eigenvalue weighted by Crippen LogP contribution is -2.40. The number of anilines is 1. The smallest absolute Gasteiger partial charge is 0.307 e. The standard InChI is InChI=1S/C23H25N7O8/c1-12(31)36-18-15(9-35-16(33)5-7-26-22(34)14-4-3-6-25-8-14)38-23(19(18)37-13(2)32)30-11-29-17-20(24)27-10-28-21(17)30/h3-4,6,8,10-11,15,18-19,23H,5,7,9H2,1-2H3,(H,26,34)(H2,24,27,28)/t15-,18-,19+,23-/m1/s1. The third-order valence-corrected chi connectivity index (χ3v) is 5.50. The first-order valence-corrected chi connectivity index (χ1v) is 11.5. The highest BCUT2D eigenvalue weighted by atomic mass is 16.7. The average molecular weight is 527 g/mol. The van der Waals surface area contributed by atoms with E-state index >= 15 is 0 Å². The molecule has 1 fully saturated rings. The van der Waals surface area contributed by atoms with Gasteiger partial charge in [0.2, 0.25) is 0 Å². The summed E-state index contributed by atoms with van der Waals surface area (Å²) in [4.78, 5) is 64.3. The third kappa shape index (κ3) is 6.00. The van der Waals surface area contributed by atoms with E-state index < -0.39 is 42.4 Å². The maximum absolute atomic E-state index is 12.3. The molecule has 4 atom stereocenters. The fourth-order valence-corrected chi connectivity index (χ4v) is 3.90. The van der Waals surface area contributed by atoms with Crippen LogP contribution < -0.4 is 11.1 Å². The SMILES string of the molecule is CC(=O)O[C@H]1[C@H](OC(C)=O)[C@@H](COC(=O)CCNC(=O)c2cccnc2)O[C@H]1n1cnc2c(N)ncnc21. The van der Waals surface area contributed by atoms with Gasteiger partial charge in [-0.05, 0) is 12.1 Å². The second-order valence-corrected chi connectivity index (χ2v) is 8.23. The van der Waals surface area contributed by atoms with Crippen LogP contribution in [0.2, 0.25) is 0 Å². The van der Waals surface area contributed by atoms with Gasteiger partial charge in [-0.25, -0.2) is 15.0 Å². The Kier molecular flexibility index (Phi) is 8.06. The molecule has 3 aromatic rings. The fraction of sp³-hybridized carbons (Fsp3) is 0.391. The molecule has 3 N–H and O–H groups in total. The summed E-state index contributed by atoms with van der Waals surface area (Å²) < 4.78 is 23.7. The number of nitrogen functional groups attached to an aromatic ring is 1. The number of esters is 3. The molecule has 1 aliphatic rings. The predicted molar refractivity (Wildman–Crippen MR) is 127 cm³/mol. The first-order chi connectivity index (χ1) is 18.2. The molecule has 15 nitrogen and oxygen atoms in total. The quantitative estimate of drug-likeness (QED) is 0.277. The van der Waals surface area contributed by atoms with Crippen LogP contribution in [0.4, 0.5) is 5.82 Å². The molecule has 0 aliphatic carbocycles. The van der Waals surface area contributed by atoms with Gasteiger partial charge < -0.3 is 30.0 Å². The molecule has 38 heavy (non-hydrogen) atoms. The third-order valence-electron chi connectivity index (χ3n) is 5.50. The Morgan fingerprint density at radius 3 is 2.58 bits per heavy atom. The van der Waals surface area contributed by atoms with E-state index in [1.54, 1.807) is 12.1 Å². The largest absolute Gasteiger partial charge is 0.463 e. The number of carbonyl (C=O) groups is 4. The minimum atomic E-state index is -1.12. The zero-order valence-corrected chi connectivity index (χ0v) is 20.5. The lowest BCUT2D eigenvalue weighted by molar-refractivity contribution is -0.166. The van der Waals surface area contributed by atoms with Crippen molar-refractivity contribution in [2.45, 2.75) is 44.8 Å². The van der Waals surface area contributed by atoms with Crippen LogP contribution in [0, 0.1) is 0 Å². The minimum Gasteiger partial charge on any atom is -0.463 e. The number of nitrogens with one attached hydrogen (secondary N) is 1. The van der Waals surface area contributed by atoms with Crippen LogP contribution >= 0.6 is 0 Å². The van der Waals surface area contributed by atoms with Crippen molar-refractivity contribution in [2.24, 2.45) is 0 Å². The van der Waals surface area contributed by atoms with Crippen LogP contribution in [-0.4, -0.2) is 79.8 Å². The molecule has 1 saturated heterocycles. The second kappa shape index (κ2) is 11.6. The number of rotatable bonds is 9. The number of nitrogens with two attached hydrogens (primary N) is 1. The lowest BCUT2D eigenvalue weighted by atomic mass is 10.1. The van der Waals surface area contributed by atoms with Crippen LogP contribution in [0.3, 0.4) is 0 Å². The van der Waals surface area contributed by atoms with E-state index in [4.69, 9.17) is 24.7 Å². The van der Waals surface area contributed by atoms with Gasteiger partial charge in [0.25, 0.3) is 5.91 Å². The number of pyridine rings is 1. The molecule has 1 amide bonds. The van der Waals surface area contributed by atoms with Gasteiger partial charge in [-0.1, -0.05) is 0 Å². The monoisotopic (exact) mass is 527 g/mol. The number of imidazole rings is 1. The van der Waals surface area contributed by atoms with E-state index in [2.05, 4.69) is 25.3 Å². The fourth-order valence-electron chi connectivity index (χ4n) is 3.90. The Balaban J connectivity index is 1.45. The van der Waals surface area contributed by atoms with Gasteiger partial charge in [-0.3, -0.25) is 28.7 Å². The lowest BCUT2D eigenvalue weighted by Gasteiger charge is -2.23. The van der Waals surface area contributed by atoms with Crippen molar-refractivity contribution in [3.63, 3.8) is 0 Å². The first kappa shape index (κ1) is 26.4. The maximum atomic E-state index is 12.3. The zero-order valence-electron chi connectivity index (χ0n) is 20.5. The number of amides is 1. The normalized spacial score (nSPS) is 20.6. The van der Waals surface area contributed by atoms with Gasteiger partial charge in [-0.15, -0.1) is 0 Å². The number of fused-ring (bicyclic) bond motifs is 1. The van der Waals surface area contributed by atoms with Crippen LogP contribution in [0.25, 0.3) is 11.2 Å². The Hall–Kier alpha value is -4.66. The van der Waals surface area contributed by atoms with Gasteiger partial charge in [0.1, 0.15) is 24.6 Å².